The number of carbonyl (C=O) groups excluding carboxylic acids is 1. The maximum Gasteiger partial charge on any atom is 0.307 e. The summed E-state index contributed by atoms with van der Waals surface area (Å²) in [6.07, 6.45) is 2.06. The third kappa shape index (κ3) is 4.37. The van der Waals surface area contributed by atoms with Gasteiger partial charge in [-0.3, -0.25) is 4.79 Å². The molecule has 0 spiro atoms. The summed E-state index contributed by atoms with van der Waals surface area (Å²) in [7, 11) is 1.59. The number of unbranched alkanes of at least 4 members (excludes halogenated alkanes) is 1. The van der Waals surface area contributed by atoms with E-state index in [1.54, 1.807) is 7.11 Å². The minimum Gasteiger partial charge on any atom is -0.496 e. The van der Waals surface area contributed by atoms with Crippen LogP contribution in [0.2, 0.25) is 0 Å². The molecule has 0 saturated heterocycles. The lowest BCUT2D eigenvalue weighted by molar-refractivity contribution is -0.144. The predicted molar refractivity (Wildman–Crippen MR) is 70.4 cm³/mol. The fraction of sp³-hybridized carbons (Fsp3) is 0.500. The molecule has 0 heterocycles. The van der Waals surface area contributed by atoms with E-state index in [0.717, 1.165) is 18.4 Å². The average Bonchev–Trinajstić information content (AvgIpc) is 2.39. The number of rotatable bonds is 7. The van der Waals surface area contributed by atoms with E-state index in [-0.39, 0.29) is 12.4 Å². The molecule has 0 aliphatic rings. The van der Waals surface area contributed by atoms with Gasteiger partial charge in [-0.15, -0.1) is 0 Å². The number of hydrogen-bond donors (Lipinski definition) is 1. The van der Waals surface area contributed by atoms with Crippen molar-refractivity contribution in [2.45, 2.75) is 32.2 Å². The highest BCUT2D eigenvalue weighted by atomic mass is 16.5. The van der Waals surface area contributed by atoms with Crippen molar-refractivity contribution in [3.8, 4) is 5.75 Å². The average molecular weight is 251 g/mol. The Bertz CT molecular complexity index is 379. The normalized spacial score (nSPS) is 11.9. The van der Waals surface area contributed by atoms with Crippen LogP contribution in [0.25, 0.3) is 0 Å². The number of esters is 1. The molecule has 1 rings (SSSR count). The zero-order chi connectivity index (χ0) is 13.4. The van der Waals surface area contributed by atoms with Gasteiger partial charge in [0, 0.05) is 11.6 Å². The fourth-order valence-electron chi connectivity index (χ4n) is 1.65. The van der Waals surface area contributed by atoms with Crippen molar-refractivity contribution < 1.29 is 14.3 Å². The summed E-state index contributed by atoms with van der Waals surface area (Å²) in [4.78, 5) is 11.6. The van der Waals surface area contributed by atoms with Gasteiger partial charge >= 0.3 is 5.97 Å². The quantitative estimate of drug-likeness (QED) is 0.597. The van der Waals surface area contributed by atoms with Gasteiger partial charge in [-0.2, -0.15) is 0 Å². The van der Waals surface area contributed by atoms with E-state index in [2.05, 4.69) is 6.92 Å². The van der Waals surface area contributed by atoms with Crippen LogP contribution < -0.4 is 10.5 Å². The second-order valence-corrected chi connectivity index (χ2v) is 4.13. The molecule has 100 valence electrons. The van der Waals surface area contributed by atoms with Gasteiger partial charge in [0.05, 0.1) is 20.1 Å². The Balaban J connectivity index is 2.53. The maximum absolute atomic E-state index is 11.6. The Morgan fingerprint density at radius 3 is 2.78 bits per heavy atom. The Morgan fingerprint density at radius 1 is 1.39 bits per heavy atom. The van der Waals surface area contributed by atoms with Crippen LogP contribution in [0.15, 0.2) is 24.3 Å². The molecule has 0 aliphatic heterocycles. The lowest BCUT2D eigenvalue weighted by atomic mass is 10.0. The zero-order valence-corrected chi connectivity index (χ0v) is 11.0. The fourth-order valence-corrected chi connectivity index (χ4v) is 1.65. The van der Waals surface area contributed by atoms with Crippen LogP contribution in [-0.4, -0.2) is 19.7 Å². The monoisotopic (exact) mass is 251 g/mol. The standard InChI is InChI=1S/C14H21NO3/c1-3-4-9-18-14(16)10-12(15)11-7-5-6-8-13(11)17-2/h5-8,12H,3-4,9-10,15H2,1-2H3. The minimum atomic E-state index is -0.393. The number of carbonyl (C=O) groups is 1. The van der Waals surface area contributed by atoms with E-state index in [9.17, 15) is 4.79 Å². The van der Waals surface area contributed by atoms with Crippen LogP contribution in [0.5, 0.6) is 5.75 Å². The van der Waals surface area contributed by atoms with Crippen molar-refractivity contribution in [1.29, 1.82) is 0 Å². The Hall–Kier alpha value is -1.55. The summed E-state index contributed by atoms with van der Waals surface area (Å²) in [5.74, 6) is 0.438. The molecule has 1 unspecified atom stereocenters. The van der Waals surface area contributed by atoms with Crippen LogP contribution in [0.4, 0.5) is 0 Å². The highest BCUT2D eigenvalue weighted by Gasteiger charge is 2.16. The van der Waals surface area contributed by atoms with Gasteiger partial charge in [0.25, 0.3) is 0 Å². The summed E-state index contributed by atoms with van der Waals surface area (Å²) in [6.45, 7) is 2.52. The van der Waals surface area contributed by atoms with Gasteiger partial charge in [-0.1, -0.05) is 31.5 Å². The predicted octanol–water partition coefficient (Wildman–Crippen LogP) is 2.43. The van der Waals surface area contributed by atoms with Crippen molar-refractivity contribution in [3.05, 3.63) is 29.8 Å². The van der Waals surface area contributed by atoms with E-state index in [0.29, 0.717) is 12.4 Å². The molecule has 0 aliphatic carbocycles. The number of nitrogens with two attached hydrogens (primary N) is 1. The molecule has 1 atom stereocenters. The molecule has 2 N–H and O–H groups in total. The highest BCUT2D eigenvalue weighted by Crippen LogP contribution is 2.25. The molecule has 1 aromatic carbocycles. The summed E-state index contributed by atoms with van der Waals surface area (Å²) in [5.41, 5.74) is 6.82. The molecule has 0 amide bonds. The molecular weight excluding hydrogens is 230 g/mol. The topological polar surface area (TPSA) is 61.5 Å². The second kappa shape index (κ2) is 7.71. The molecule has 0 fully saturated rings. The van der Waals surface area contributed by atoms with Crippen LogP contribution in [0, 0.1) is 0 Å². The largest absolute Gasteiger partial charge is 0.496 e. The molecule has 4 nitrogen and oxygen atoms in total. The highest BCUT2D eigenvalue weighted by molar-refractivity contribution is 5.70. The van der Waals surface area contributed by atoms with Crippen LogP contribution >= 0.6 is 0 Å². The summed E-state index contributed by atoms with van der Waals surface area (Å²) in [5, 5.41) is 0. The van der Waals surface area contributed by atoms with E-state index >= 15 is 0 Å². The minimum absolute atomic E-state index is 0.171. The number of methoxy groups -OCH3 is 1. The molecular formula is C14H21NO3. The summed E-state index contributed by atoms with van der Waals surface area (Å²) >= 11 is 0. The number of para-hydroxylation sites is 1. The van der Waals surface area contributed by atoms with Crippen LogP contribution in [0.1, 0.15) is 37.8 Å². The van der Waals surface area contributed by atoms with E-state index in [4.69, 9.17) is 15.2 Å². The Kier molecular flexibility index (Phi) is 6.22. The SMILES string of the molecule is CCCCOC(=O)CC(N)c1ccccc1OC. The smallest absolute Gasteiger partial charge is 0.307 e. The number of hydrogen-bond acceptors (Lipinski definition) is 4. The van der Waals surface area contributed by atoms with Crippen molar-refractivity contribution >= 4 is 5.97 Å². The van der Waals surface area contributed by atoms with Crippen molar-refractivity contribution in [2.75, 3.05) is 13.7 Å². The van der Waals surface area contributed by atoms with Crippen LogP contribution in [0.3, 0.4) is 0 Å². The first-order valence-corrected chi connectivity index (χ1v) is 6.23. The van der Waals surface area contributed by atoms with Crippen molar-refractivity contribution in [1.82, 2.24) is 0 Å². The van der Waals surface area contributed by atoms with Gasteiger partial charge < -0.3 is 15.2 Å². The van der Waals surface area contributed by atoms with Crippen molar-refractivity contribution in [2.24, 2.45) is 5.73 Å². The molecule has 0 radical (unpaired) electrons. The first kappa shape index (κ1) is 14.5. The van der Waals surface area contributed by atoms with E-state index in [1.807, 2.05) is 24.3 Å². The summed E-state index contributed by atoms with van der Waals surface area (Å²) < 4.78 is 10.3. The molecule has 18 heavy (non-hydrogen) atoms. The van der Waals surface area contributed by atoms with Gasteiger partial charge in [-0.05, 0) is 12.5 Å². The van der Waals surface area contributed by atoms with Gasteiger partial charge in [0.2, 0.25) is 0 Å². The lowest BCUT2D eigenvalue weighted by Gasteiger charge is -2.14. The lowest BCUT2D eigenvalue weighted by Crippen LogP contribution is -2.18. The number of benzene rings is 1. The second-order valence-electron chi connectivity index (χ2n) is 4.13. The Morgan fingerprint density at radius 2 is 2.11 bits per heavy atom. The zero-order valence-electron chi connectivity index (χ0n) is 11.0. The first-order chi connectivity index (χ1) is 8.69. The molecule has 1 aromatic rings. The number of ether oxygens (including phenoxy) is 2. The van der Waals surface area contributed by atoms with E-state index < -0.39 is 6.04 Å². The molecule has 4 heteroatoms. The molecule has 0 saturated carbocycles. The summed E-state index contributed by atoms with van der Waals surface area (Å²) in [6, 6.07) is 7.05. The Labute approximate surface area is 108 Å². The van der Waals surface area contributed by atoms with E-state index in [1.165, 1.54) is 0 Å². The third-order valence-corrected chi connectivity index (χ3v) is 2.69. The maximum atomic E-state index is 11.6. The van der Waals surface area contributed by atoms with Gasteiger partial charge in [0.15, 0.2) is 0 Å². The third-order valence-electron chi connectivity index (χ3n) is 2.69. The van der Waals surface area contributed by atoms with Crippen molar-refractivity contribution in [3.63, 3.8) is 0 Å². The molecule has 0 bridgehead atoms. The molecule has 0 aromatic heterocycles. The van der Waals surface area contributed by atoms with Gasteiger partial charge in [0.1, 0.15) is 5.75 Å². The first-order valence-electron chi connectivity index (χ1n) is 6.23. The van der Waals surface area contributed by atoms with Crippen LogP contribution in [-0.2, 0) is 9.53 Å². The van der Waals surface area contributed by atoms with Gasteiger partial charge in [-0.25, -0.2) is 0 Å².